The minimum Gasteiger partial charge on any atom is -0.379 e. The summed E-state index contributed by atoms with van der Waals surface area (Å²) in [4.78, 5) is 21.0. The molecule has 0 unspecified atom stereocenters. The second-order valence-electron chi connectivity index (χ2n) is 6.94. The quantitative estimate of drug-likeness (QED) is 0.112. The predicted molar refractivity (Wildman–Crippen MR) is 125 cm³/mol. The Hall–Kier alpha value is -1.42. The molecule has 0 heterocycles. The maximum absolute atomic E-state index is 10.5. The monoisotopic (exact) mass is 512 g/mol. The highest BCUT2D eigenvalue weighted by Gasteiger charge is 1.97. The minimum atomic E-state index is -0.376. The Morgan fingerprint density at radius 2 is 0.457 bits per heavy atom. The van der Waals surface area contributed by atoms with Crippen molar-refractivity contribution in [3.8, 4) is 0 Å². The number of carbonyl (C=O) groups is 2. The molecule has 0 aromatic rings. The second-order valence-corrected chi connectivity index (χ2v) is 6.94. The van der Waals surface area contributed by atoms with Crippen molar-refractivity contribution in [1.82, 2.24) is 0 Å². The summed E-state index contributed by atoms with van der Waals surface area (Å²) in [5, 5.41) is 0. The number of hydrogen-bond acceptors (Lipinski definition) is 11. The zero-order chi connectivity index (χ0) is 25.7. The van der Waals surface area contributed by atoms with E-state index in [1.165, 1.54) is 0 Å². The molecule has 208 valence electrons. The molecule has 0 aliphatic rings. The SMILES string of the molecule is NC(=O)CCOCCOCCOCCOCCOCCOCCOCCOCCOCCC(N)=O. The lowest BCUT2D eigenvalue weighted by Crippen LogP contribution is -2.16. The topological polar surface area (TPSA) is 169 Å². The van der Waals surface area contributed by atoms with E-state index in [-0.39, 0.29) is 24.7 Å². The molecule has 13 heteroatoms. The lowest BCUT2D eigenvalue weighted by molar-refractivity contribution is -0.120. The zero-order valence-electron chi connectivity index (χ0n) is 20.8. The molecule has 0 saturated heterocycles. The molecular weight excluding hydrogens is 468 g/mol. The molecule has 13 nitrogen and oxygen atoms in total. The van der Waals surface area contributed by atoms with Crippen LogP contribution in [0.25, 0.3) is 0 Å². The molecule has 35 heavy (non-hydrogen) atoms. The Morgan fingerprint density at radius 1 is 0.314 bits per heavy atom. The fourth-order valence-corrected chi connectivity index (χ4v) is 2.21. The van der Waals surface area contributed by atoms with Gasteiger partial charge in [-0.3, -0.25) is 9.59 Å². The van der Waals surface area contributed by atoms with Crippen LogP contribution in [-0.2, 0) is 52.2 Å². The number of carbonyl (C=O) groups excluding carboxylic acids is 2. The average Bonchev–Trinajstić information content (AvgIpc) is 2.82. The third-order valence-corrected chi connectivity index (χ3v) is 3.96. The Labute approximate surface area is 207 Å². The summed E-state index contributed by atoms with van der Waals surface area (Å²) in [5.74, 6) is -0.753. The van der Waals surface area contributed by atoms with Gasteiger partial charge in [0.2, 0.25) is 11.8 Å². The Morgan fingerprint density at radius 3 is 0.600 bits per heavy atom. The first-order chi connectivity index (χ1) is 17.1. The van der Waals surface area contributed by atoms with Crippen LogP contribution < -0.4 is 11.5 Å². The van der Waals surface area contributed by atoms with Crippen molar-refractivity contribution in [3.05, 3.63) is 0 Å². The molecule has 4 N–H and O–H groups in total. The molecule has 0 aliphatic carbocycles. The molecule has 0 bridgehead atoms. The normalized spacial score (nSPS) is 11.2. The Bertz CT molecular complexity index is 433. The highest BCUT2D eigenvalue weighted by Crippen LogP contribution is 1.87. The largest absolute Gasteiger partial charge is 0.379 e. The first-order valence-corrected chi connectivity index (χ1v) is 11.9. The van der Waals surface area contributed by atoms with Gasteiger partial charge in [0.25, 0.3) is 0 Å². The van der Waals surface area contributed by atoms with E-state index < -0.39 is 0 Å². The van der Waals surface area contributed by atoms with Crippen molar-refractivity contribution >= 4 is 11.8 Å². The van der Waals surface area contributed by atoms with Crippen LogP contribution in [0.4, 0.5) is 0 Å². The third kappa shape index (κ3) is 32.6. The highest BCUT2D eigenvalue weighted by molar-refractivity contribution is 5.74. The molecule has 0 aromatic heterocycles. The van der Waals surface area contributed by atoms with Crippen LogP contribution in [0.3, 0.4) is 0 Å². The van der Waals surface area contributed by atoms with E-state index >= 15 is 0 Å². The van der Waals surface area contributed by atoms with Crippen molar-refractivity contribution in [1.29, 1.82) is 0 Å². The van der Waals surface area contributed by atoms with Gasteiger partial charge in [0.05, 0.1) is 119 Å². The average molecular weight is 513 g/mol. The van der Waals surface area contributed by atoms with Crippen LogP contribution in [0.5, 0.6) is 0 Å². The van der Waals surface area contributed by atoms with Gasteiger partial charge in [-0.25, -0.2) is 0 Å². The molecule has 0 atom stereocenters. The van der Waals surface area contributed by atoms with Crippen molar-refractivity contribution in [3.63, 3.8) is 0 Å². The van der Waals surface area contributed by atoms with Crippen LogP contribution in [0.15, 0.2) is 0 Å². The maximum atomic E-state index is 10.5. The number of rotatable bonds is 30. The summed E-state index contributed by atoms with van der Waals surface area (Å²) < 4.78 is 48.0. The van der Waals surface area contributed by atoms with Gasteiger partial charge in [-0.2, -0.15) is 0 Å². The molecule has 0 saturated carbocycles. The van der Waals surface area contributed by atoms with Crippen LogP contribution in [0, 0.1) is 0 Å². The van der Waals surface area contributed by atoms with E-state index in [4.69, 9.17) is 54.1 Å². The van der Waals surface area contributed by atoms with Crippen molar-refractivity contribution < 1.29 is 52.2 Å². The molecule has 0 aromatic carbocycles. The maximum Gasteiger partial charge on any atom is 0.219 e. The van der Waals surface area contributed by atoms with E-state index in [2.05, 4.69) is 0 Å². The summed E-state index contributed by atoms with van der Waals surface area (Å²) in [6.07, 6.45) is 0.438. The summed E-state index contributed by atoms with van der Waals surface area (Å²) in [6, 6.07) is 0. The van der Waals surface area contributed by atoms with E-state index in [1.54, 1.807) is 0 Å². The summed E-state index contributed by atoms with van der Waals surface area (Å²) >= 11 is 0. The van der Waals surface area contributed by atoms with Crippen molar-refractivity contribution in [2.24, 2.45) is 11.5 Å². The smallest absolute Gasteiger partial charge is 0.219 e. The summed E-state index contributed by atoms with van der Waals surface area (Å²) in [6.45, 7) is 8.15. The first-order valence-electron chi connectivity index (χ1n) is 11.9. The number of primary amides is 2. The lowest BCUT2D eigenvalue weighted by Gasteiger charge is -2.08. The fraction of sp³-hybridized carbons (Fsp3) is 0.909. The van der Waals surface area contributed by atoms with Gasteiger partial charge in [0.1, 0.15) is 0 Å². The van der Waals surface area contributed by atoms with Crippen LogP contribution >= 0.6 is 0 Å². The van der Waals surface area contributed by atoms with Gasteiger partial charge in [0.15, 0.2) is 0 Å². The molecule has 0 radical (unpaired) electrons. The molecule has 0 rings (SSSR count). The summed E-state index contributed by atoms with van der Waals surface area (Å²) in [7, 11) is 0. The highest BCUT2D eigenvalue weighted by atomic mass is 16.6. The molecule has 0 fully saturated rings. The third-order valence-electron chi connectivity index (χ3n) is 3.96. The van der Waals surface area contributed by atoms with Crippen molar-refractivity contribution in [2.75, 3.05) is 119 Å². The molecule has 0 aliphatic heterocycles. The van der Waals surface area contributed by atoms with Crippen LogP contribution in [0.1, 0.15) is 12.8 Å². The second kappa shape index (κ2) is 28.8. The standard InChI is InChI=1S/C22H44N2O11/c23-21(25)1-3-27-5-7-29-9-11-31-13-15-33-17-19-35-20-18-34-16-14-32-12-10-30-8-6-28-4-2-22(24)26/h1-20H2,(H2,23,25)(H2,24,26). The van der Waals surface area contributed by atoms with E-state index in [0.29, 0.717) is 119 Å². The van der Waals surface area contributed by atoms with Gasteiger partial charge in [-0.15, -0.1) is 0 Å². The van der Waals surface area contributed by atoms with E-state index in [0.717, 1.165) is 0 Å². The van der Waals surface area contributed by atoms with Crippen LogP contribution in [-0.4, -0.2) is 131 Å². The number of hydrogen-bond donors (Lipinski definition) is 2. The van der Waals surface area contributed by atoms with Gasteiger partial charge in [-0.05, 0) is 0 Å². The lowest BCUT2D eigenvalue weighted by atomic mass is 10.4. The fourth-order valence-electron chi connectivity index (χ4n) is 2.21. The summed E-state index contributed by atoms with van der Waals surface area (Å²) in [5.41, 5.74) is 10.00. The molecule has 2 amide bonds. The number of amides is 2. The Kier molecular flexibility index (Phi) is 27.6. The molecular formula is C22H44N2O11. The van der Waals surface area contributed by atoms with E-state index in [1.807, 2.05) is 0 Å². The van der Waals surface area contributed by atoms with Crippen molar-refractivity contribution in [2.45, 2.75) is 12.8 Å². The predicted octanol–water partition coefficient (Wildman–Crippen LogP) is -1.11. The first kappa shape index (κ1) is 33.6. The van der Waals surface area contributed by atoms with Gasteiger partial charge in [-0.1, -0.05) is 0 Å². The van der Waals surface area contributed by atoms with Gasteiger partial charge in [0, 0.05) is 12.8 Å². The zero-order valence-corrected chi connectivity index (χ0v) is 20.8. The van der Waals surface area contributed by atoms with Gasteiger partial charge < -0.3 is 54.1 Å². The number of nitrogens with two attached hydrogens (primary N) is 2. The molecule has 0 spiro atoms. The van der Waals surface area contributed by atoms with Crippen LogP contribution in [0.2, 0.25) is 0 Å². The Balaban J connectivity index is 3.03. The number of ether oxygens (including phenoxy) is 9. The minimum absolute atomic E-state index is 0.219. The van der Waals surface area contributed by atoms with Gasteiger partial charge >= 0.3 is 0 Å². The van der Waals surface area contributed by atoms with E-state index in [9.17, 15) is 9.59 Å².